The molecule has 1 aliphatic heterocycles. The van der Waals surface area contributed by atoms with Gasteiger partial charge in [0.1, 0.15) is 6.04 Å². The van der Waals surface area contributed by atoms with Gasteiger partial charge in [0.2, 0.25) is 26.0 Å². The van der Waals surface area contributed by atoms with Gasteiger partial charge in [-0.25, -0.2) is 21.1 Å². The Morgan fingerprint density at radius 3 is 2.29 bits per heavy atom. The van der Waals surface area contributed by atoms with Crippen LogP contribution in [0.2, 0.25) is 0 Å². The second kappa shape index (κ2) is 8.77. The van der Waals surface area contributed by atoms with Crippen LogP contribution < -0.4 is 9.03 Å². The zero-order chi connectivity index (χ0) is 22.8. The van der Waals surface area contributed by atoms with E-state index in [2.05, 4.69) is 4.72 Å². The number of hydrogen-bond donors (Lipinski definition) is 1. The normalized spacial score (nSPS) is 19.2. The summed E-state index contributed by atoms with van der Waals surface area (Å²) >= 11 is 0. The van der Waals surface area contributed by atoms with E-state index >= 15 is 0 Å². The van der Waals surface area contributed by atoms with Crippen LogP contribution in [0.4, 0.5) is 5.69 Å². The van der Waals surface area contributed by atoms with Crippen LogP contribution in [0.3, 0.4) is 0 Å². The summed E-state index contributed by atoms with van der Waals surface area (Å²) in [7, 11) is -6.76. The summed E-state index contributed by atoms with van der Waals surface area (Å²) in [6, 6.07) is 12.5. The average Bonchev–Trinajstić information content (AvgIpc) is 2.94. The standard InChI is InChI=1S/C20H22N2O7S2/c1-14-13-30(25,26)22(19(14)23)16-8-10-17(11-9-16)31(27,28)21-18(20(24)29-2)12-15-6-4-3-5-7-15/h3-11,14,18,21H,12-13H2,1-2H3/t14?,18-/m0/s1. The summed E-state index contributed by atoms with van der Waals surface area (Å²) in [6.45, 7) is 1.52. The van der Waals surface area contributed by atoms with Gasteiger partial charge in [0, 0.05) is 0 Å². The van der Waals surface area contributed by atoms with Gasteiger partial charge in [0.15, 0.2) is 0 Å². The van der Waals surface area contributed by atoms with Gasteiger partial charge < -0.3 is 4.74 Å². The molecule has 166 valence electrons. The molecule has 0 aromatic heterocycles. The van der Waals surface area contributed by atoms with Crippen LogP contribution in [-0.2, 0) is 40.8 Å². The van der Waals surface area contributed by atoms with Gasteiger partial charge in [-0.3, -0.25) is 9.59 Å². The van der Waals surface area contributed by atoms with E-state index < -0.39 is 43.9 Å². The van der Waals surface area contributed by atoms with Crippen LogP contribution >= 0.6 is 0 Å². The molecule has 2 atom stereocenters. The lowest BCUT2D eigenvalue weighted by molar-refractivity contribution is -0.142. The molecular formula is C20H22N2O7S2. The number of nitrogens with one attached hydrogen (secondary N) is 1. The number of anilines is 1. The molecule has 1 fully saturated rings. The zero-order valence-corrected chi connectivity index (χ0v) is 18.5. The lowest BCUT2D eigenvalue weighted by Crippen LogP contribution is -2.43. The number of ether oxygens (including phenoxy) is 1. The third-order valence-electron chi connectivity index (χ3n) is 4.81. The Hall–Kier alpha value is -2.76. The van der Waals surface area contributed by atoms with Crippen molar-refractivity contribution in [1.29, 1.82) is 0 Å². The molecule has 0 bridgehead atoms. The van der Waals surface area contributed by atoms with E-state index in [1.807, 2.05) is 0 Å². The molecule has 0 spiro atoms. The molecule has 1 amide bonds. The first-order chi connectivity index (χ1) is 14.5. The molecule has 9 nitrogen and oxygen atoms in total. The maximum Gasteiger partial charge on any atom is 0.324 e. The molecular weight excluding hydrogens is 444 g/mol. The van der Waals surface area contributed by atoms with Gasteiger partial charge in [-0.15, -0.1) is 0 Å². The Bertz CT molecular complexity index is 1180. The van der Waals surface area contributed by atoms with Gasteiger partial charge >= 0.3 is 5.97 Å². The highest BCUT2D eigenvalue weighted by molar-refractivity contribution is 7.94. The molecule has 11 heteroatoms. The van der Waals surface area contributed by atoms with Crippen LogP contribution in [-0.4, -0.2) is 47.6 Å². The fourth-order valence-corrected chi connectivity index (χ4v) is 6.27. The Morgan fingerprint density at radius 1 is 1.16 bits per heavy atom. The maximum atomic E-state index is 12.8. The Balaban J connectivity index is 1.84. The predicted octanol–water partition coefficient (Wildman–Crippen LogP) is 1.06. The number of esters is 1. The lowest BCUT2D eigenvalue weighted by atomic mass is 10.1. The minimum atomic E-state index is -4.13. The van der Waals surface area contributed by atoms with Crippen LogP contribution in [0.1, 0.15) is 12.5 Å². The topological polar surface area (TPSA) is 127 Å². The van der Waals surface area contributed by atoms with Gasteiger partial charge in [-0.1, -0.05) is 37.3 Å². The van der Waals surface area contributed by atoms with Gasteiger partial charge in [0.25, 0.3) is 0 Å². The second-order valence-corrected chi connectivity index (χ2v) is 10.7. The smallest absolute Gasteiger partial charge is 0.324 e. The van der Waals surface area contributed by atoms with Crippen molar-refractivity contribution in [3.05, 3.63) is 60.2 Å². The van der Waals surface area contributed by atoms with E-state index in [1.54, 1.807) is 30.3 Å². The highest BCUT2D eigenvalue weighted by Crippen LogP contribution is 2.29. The summed E-state index contributed by atoms with van der Waals surface area (Å²) in [5.74, 6) is -2.28. The number of carbonyl (C=O) groups excluding carboxylic acids is 2. The summed E-state index contributed by atoms with van der Waals surface area (Å²) < 4.78 is 57.8. The Labute approximate surface area is 181 Å². The third kappa shape index (κ3) is 4.94. The molecule has 1 aliphatic rings. The van der Waals surface area contributed by atoms with Crippen molar-refractivity contribution in [2.45, 2.75) is 24.3 Å². The van der Waals surface area contributed by atoms with Crippen molar-refractivity contribution in [3.8, 4) is 0 Å². The van der Waals surface area contributed by atoms with Crippen molar-refractivity contribution in [2.24, 2.45) is 5.92 Å². The Morgan fingerprint density at radius 2 is 1.77 bits per heavy atom. The molecule has 0 aliphatic carbocycles. The molecule has 0 radical (unpaired) electrons. The number of nitrogens with zero attached hydrogens (tertiary/aromatic N) is 1. The van der Waals surface area contributed by atoms with E-state index in [-0.39, 0.29) is 22.8 Å². The number of hydrogen-bond acceptors (Lipinski definition) is 7. The van der Waals surface area contributed by atoms with Gasteiger partial charge in [-0.2, -0.15) is 4.72 Å². The maximum absolute atomic E-state index is 12.8. The zero-order valence-electron chi connectivity index (χ0n) is 16.9. The third-order valence-corrected chi connectivity index (χ3v) is 8.16. The number of methoxy groups -OCH3 is 1. The minimum absolute atomic E-state index is 0.0575. The molecule has 1 unspecified atom stereocenters. The van der Waals surface area contributed by atoms with Crippen molar-refractivity contribution < 1.29 is 31.2 Å². The molecule has 1 heterocycles. The summed E-state index contributed by atoms with van der Waals surface area (Å²) in [5.41, 5.74) is 0.796. The van der Waals surface area contributed by atoms with Crippen molar-refractivity contribution in [2.75, 3.05) is 17.2 Å². The molecule has 3 rings (SSSR count). The second-order valence-electron chi connectivity index (χ2n) is 7.16. The van der Waals surface area contributed by atoms with E-state index in [9.17, 15) is 26.4 Å². The highest BCUT2D eigenvalue weighted by Gasteiger charge is 2.42. The van der Waals surface area contributed by atoms with E-state index in [0.29, 0.717) is 4.31 Å². The van der Waals surface area contributed by atoms with Crippen LogP contribution in [0.5, 0.6) is 0 Å². The van der Waals surface area contributed by atoms with Crippen LogP contribution in [0.15, 0.2) is 59.5 Å². The first kappa shape index (κ1) is 22.9. The molecule has 1 N–H and O–H groups in total. The number of rotatable bonds is 7. The highest BCUT2D eigenvalue weighted by atomic mass is 32.2. The number of amides is 1. The van der Waals surface area contributed by atoms with Gasteiger partial charge in [0.05, 0.1) is 29.4 Å². The largest absolute Gasteiger partial charge is 0.468 e. The number of carbonyl (C=O) groups is 2. The lowest BCUT2D eigenvalue weighted by Gasteiger charge is -2.18. The molecule has 1 saturated heterocycles. The van der Waals surface area contributed by atoms with Crippen LogP contribution in [0, 0.1) is 5.92 Å². The van der Waals surface area contributed by atoms with Gasteiger partial charge in [-0.05, 0) is 36.2 Å². The molecule has 0 saturated carbocycles. The monoisotopic (exact) mass is 466 g/mol. The number of benzene rings is 2. The van der Waals surface area contributed by atoms with Crippen molar-refractivity contribution in [1.82, 2.24) is 4.72 Å². The first-order valence-corrected chi connectivity index (χ1v) is 12.5. The molecule has 2 aromatic carbocycles. The predicted molar refractivity (Wildman–Crippen MR) is 113 cm³/mol. The summed E-state index contributed by atoms with van der Waals surface area (Å²) in [4.78, 5) is 24.1. The SMILES string of the molecule is COC(=O)[C@H](Cc1ccccc1)NS(=O)(=O)c1ccc(N2C(=O)C(C)CS2(=O)=O)cc1. The summed E-state index contributed by atoms with van der Waals surface area (Å²) in [5, 5.41) is 0. The van der Waals surface area contributed by atoms with Crippen molar-refractivity contribution in [3.63, 3.8) is 0 Å². The average molecular weight is 467 g/mol. The number of sulfonamides is 2. The molecule has 2 aromatic rings. The first-order valence-electron chi connectivity index (χ1n) is 9.36. The van der Waals surface area contributed by atoms with Crippen molar-refractivity contribution >= 4 is 37.6 Å². The van der Waals surface area contributed by atoms with E-state index in [1.165, 1.54) is 31.2 Å². The van der Waals surface area contributed by atoms with E-state index in [4.69, 9.17) is 4.74 Å². The summed E-state index contributed by atoms with van der Waals surface area (Å²) in [6.07, 6.45) is 0.0865. The fourth-order valence-electron chi connectivity index (χ4n) is 3.27. The Kier molecular flexibility index (Phi) is 6.48. The van der Waals surface area contributed by atoms with Crippen LogP contribution in [0.25, 0.3) is 0 Å². The quantitative estimate of drug-likeness (QED) is 0.605. The van der Waals surface area contributed by atoms with E-state index in [0.717, 1.165) is 12.7 Å². The fraction of sp³-hybridized carbons (Fsp3) is 0.300. The molecule has 31 heavy (non-hydrogen) atoms. The minimum Gasteiger partial charge on any atom is -0.468 e.